The van der Waals surface area contributed by atoms with Crippen LogP contribution < -0.4 is 24.9 Å². The lowest BCUT2D eigenvalue weighted by Gasteiger charge is -2.28. The van der Waals surface area contributed by atoms with E-state index in [1.807, 2.05) is 18.2 Å². The molecule has 0 radical (unpaired) electrons. The number of fused-ring (bicyclic) bond motifs is 3. The first-order chi connectivity index (χ1) is 36.0. The Labute approximate surface area is 427 Å². The van der Waals surface area contributed by atoms with Crippen molar-refractivity contribution in [1.82, 2.24) is 4.57 Å². The Bertz CT molecular complexity index is 3500. The van der Waals surface area contributed by atoms with Crippen molar-refractivity contribution in [3.8, 4) is 5.69 Å². The highest BCUT2D eigenvalue weighted by molar-refractivity contribution is 7.27. The van der Waals surface area contributed by atoms with Crippen LogP contribution >= 0.6 is 9.24 Å². The number of para-hydroxylation sites is 5. The minimum atomic E-state index is -0.305. The van der Waals surface area contributed by atoms with Crippen LogP contribution in [-0.4, -0.2) is 4.57 Å². The van der Waals surface area contributed by atoms with Crippen molar-refractivity contribution in [3.05, 3.63) is 291 Å². The van der Waals surface area contributed by atoms with Gasteiger partial charge in [-0.15, -0.1) is 9.24 Å². The summed E-state index contributed by atoms with van der Waals surface area (Å²) in [6.45, 7) is 0. The molecule has 1 heterocycles. The normalized spacial score (nSPS) is 11.2. The van der Waals surface area contributed by atoms with Gasteiger partial charge in [0.05, 0.1) is 11.0 Å². The fraction of sp³-hybridized carbons (Fsp3) is 0. The van der Waals surface area contributed by atoms with Crippen LogP contribution in [0.4, 0.5) is 72.6 Å². The van der Waals surface area contributed by atoms with Gasteiger partial charge in [0.25, 0.3) is 0 Å². The van der Waals surface area contributed by atoms with E-state index in [1.165, 1.54) is 6.07 Å². The van der Waals surface area contributed by atoms with Crippen LogP contribution in [0.5, 0.6) is 0 Å². The van der Waals surface area contributed by atoms with Crippen LogP contribution in [0, 0.1) is 5.82 Å². The standard InChI is InChI=1S/C66H49FN5P/c67-48-18-16-29-58(44-48)70(56-36-32-54(33-37-56)68(49-19-6-1-7-20-49)50-21-8-2-9-22-50)60-40-42-65-63(46-60)64-47-61(41-43-66(64)72(65)53-27-14-5-15-28-53)71(59-30-17-31-62(73)45-59)57-38-34-55(35-39-57)69(51-23-10-3-11-24-51)52-25-12-4-13-26-52/h1-47H,73H2. The van der Waals surface area contributed by atoms with Gasteiger partial charge >= 0.3 is 0 Å². The third kappa shape index (κ3) is 8.97. The minimum absolute atomic E-state index is 0.305. The van der Waals surface area contributed by atoms with Gasteiger partial charge in [0.1, 0.15) is 5.82 Å². The molecular formula is C66H49FN5P. The Kier molecular flexibility index (Phi) is 12.2. The smallest absolute Gasteiger partial charge is 0.125 e. The van der Waals surface area contributed by atoms with Gasteiger partial charge in [0.15, 0.2) is 0 Å². The molecule has 7 heteroatoms. The van der Waals surface area contributed by atoms with Gasteiger partial charge in [-0.2, -0.15) is 0 Å². The van der Waals surface area contributed by atoms with E-state index in [2.05, 4.69) is 282 Å². The van der Waals surface area contributed by atoms with Crippen molar-refractivity contribution in [3.63, 3.8) is 0 Å². The van der Waals surface area contributed by atoms with Gasteiger partial charge in [-0.05, 0) is 181 Å². The number of hydrogen-bond donors (Lipinski definition) is 0. The van der Waals surface area contributed by atoms with E-state index < -0.39 is 0 Å². The van der Waals surface area contributed by atoms with Gasteiger partial charge in [0, 0.05) is 84.7 Å². The third-order valence-electron chi connectivity index (χ3n) is 13.2. The molecule has 1 atom stereocenters. The van der Waals surface area contributed by atoms with E-state index in [0.717, 1.165) is 95.4 Å². The molecule has 0 N–H and O–H groups in total. The summed E-state index contributed by atoms with van der Waals surface area (Å²) in [5.41, 5.74) is 15.1. The maximum Gasteiger partial charge on any atom is 0.125 e. The molecule has 0 fully saturated rings. The molecule has 11 aromatic carbocycles. The van der Waals surface area contributed by atoms with Crippen LogP contribution in [0.3, 0.4) is 0 Å². The molecular weight excluding hydrogens is 913 g/mol. The molecule has 0 bridgehead atoms. The predicted octanol–water partition coefficient (Wildman–Crippen LogP) is 18.3. The average Bonchev–Trinajstić information content (AvgIpc) is 3.77. The molecule has 12 aromatic rings. The molecule has 0 aliphatic rings. The lowest BCUT2D eigenvalue weighted by atomic mass is 10.1. The Hall–Kier alpha value is -9.22. The SMILES string of the molecule is Fc1cccc(N(c2ccc(N(c3ccccc3)c3ccccc3)cc2)c2ccc3c(c2)c2cc(N(c4ccc(N(c5ccccc5)c5ccccc5)cc4)c4cccc(P)c4)ccc2n3-c2ccccc2)c1. The third-order valence-corrected chi connectivity index (χ3v) is 13.6. The highest BCUT2D eigenvalue weighted by Gasteiger charge is 2.22. The number of halogens is 1. The largest absolute Gasteiger partial charge is 0.311 e. The van der Waals surface area contributed by atoms with Crippen molar-refractivity contribution >= 4 is 105 Å². The molecule has 12 rings (SSSR count). The van der Waals surface area contributed by atoms with Gasteiger partial charge in [0.2, 0.25) is 0 Å². The minimum Gasteiger partial charge on any atom is -0.311 e. The van der Waals surface area contributed by atoms with E-state index in [1.54, 1.807) is 12.1 Å². The fourth-order valence-corrected chi connectivity index (χ4v) is 10.3. The van der Waals surface area contributed by atoms with E-state index >= 15 is 4.39 Å². The first-order valence-electron chi connectivity index (χ1n) is 24.4. The fourth-order valence-electron chi connectivity index (χ4n) is 10.0. The van der Waals surface area contributed by atoms with Crippen LogP contribution in [0.25, 0.3) is 27.5 Å². The van der Waals surface area contributed by atoms with Crippen LogP contribution in [-0.2, 0) is 0 Å². The monoisotopic (exact) mass is 961 g/mol. The number of rotatable bonds is 13. The summed E-state index contributed by atoms with van der Waals surface area (Å²) in [6.07, 6.45) is 0. The summed E-state index contributed by atoms with van der Waals surface area (Å²) in [5, 5.41) is 3.23. The Balaban J connectivity index is 1.01. The summed E-state index contributed by atoms with van der Waals surface area (Å²) < 4.78 is 17.7. The van der Waals surface area contributed by atoms with Crippen molar-refractivity contribution < 1.29 is 4.39 Å². The van der Waals surface area contributed by atoms with Crippen LogP contribution in [0.1, 0.15) is 0 Å². The number of aromatic nitrogens is 1. The topological polar surface area (TPSA) is 17.9 Å². The lowest BCUT2D eigenvalue weighted by Crippen LogP contribution is -2.13. The molecule has 0 spiro atoms. The quantitative estimate of drug-likeness (QED) is 0.107. The Morgan fingerprint density at radius 2 is 0.548 bits per heavy atom. The van der Waals surface area contributed by atoms with E-state index in [9.17, 15) is 0 Å². The predicted molar refractivity (Wildman–Crippen MR) is 309 cm³/mol. The zero-order chi connectivity index (χ0) is 49.1. The molecule has 0 saturated heterocycles. The molecule has 350 valence electrons. The number of nitrogens with zero attached hydrogens (tertiary/aromatic N) is 5. The van der Waals surface area contributed by atoms with Crippen LogP contribution in [0.15, 0.2) is 285 Å². The van der Waals surface area contributed by atoms with Crippen LogP contribution in [0.2, 0.25) is 0 Å². The zero-order valence-electron chi connectivity index (χ0n) is 39.8. The molecule has 73 heavy (non-hydrogen) atoms. The molecule has 1 unspecified atom stereocenters. The summed E-state index contributed by atoms with van der Waals surface area (Å²) in [6, 6.07) is 98.4. The second kappa shape index (κ2) is 19.9. The molecule has 0 saturated carbocycles. The Morgan fingerprint density at radius 3 is 0.918 bits per heavy atom. The van der Waals surface area contributed by atoms with E-state index in [4.69, 9.17) is 0 Å². The Morgan fingerprint density at radius 1 is 0.260 bits per heavy atom. The number of hydrogen-bond acceptors (Lipinski definition) is 4. The first-order valence-corrected chi connectivity index (χ1v) is 25.0. The zero-order valence-corrected chi connectivity index (χ0v) is 41.0. The highest BCUT2D eigenvalue weighted by atomic mass is 31.0. The number of benzene rings is 11. The van der Waals surface area contributed by atoms with Gasteiger partial charge < -0.3 is 24.2 Å². The highest BCUT2D eigenvalue weighted by Crippen LogP contribution is 2.45. The lowest BCUT2D eigenvalue weighted by molar-refractivity contribution is 0.628. The summed E-state index contributed by atoms with van der Waals surface area (Å²) in [4.78, 5) is 9.00. The summed E-state index contributed by atoms with van der Waals surface area (Å²) in [5.74, 6) is -0.305. The molecule has 0 amide bonds. The summed E-state index contributed by atoms with van der Waals surface area (Å²) in [7, 11) is 2.87. The van der Waals surface area contributed by atoms with Crippen molar-refractivity contribution in [2.75, 3.05) is 19.6 Å². The van der Waals surface area contributed by atoms with E-state index in [0.29, 0.717) is 5.69 Å². The van der Waals surface area contributed by atoms with Gasteiger partial charge in [-0.3, -0.25) is 0 Å². The van der Waals surface area contributed by atoms with Crippen molar-refractivity contribution in [2.24, 2.45) is 0 Å². The first kappa shape index (κ1) is 45.0. The van der Waals surface area contributed by atoms with Gasteiger partial charge in [-0.25, -0.2) is 4.39 Å². The summed E-state index contributed by atoms with van der Waals surface area (Å²) >= 11 is 0. The molecule has 0 aliphatic carbocycles. The number of anilines is 12. The maximum absolute atomic E-state index is 15.4. The average molecular weight is 962 g/mol. The second-order valence-electron chi connectivity index (χ2n) is 17.9. The maximum atomic E-state index is 15.4. The van der Waals surface area contributed by atoms with Crippen molar-refractivity contribution in [1.29, 1.82) is 0 Å². The molecule has 5 nitrogen and oxygen atoms in total. The van der Waals surface area contributed by atoms with Crippen molar-refractivity contribution in [2.45, 2.75) is 0 Å². The molecule has 0 aliphatic heterocycles. The van der Waals surface area contributed by atoms with Gasteiger partial charge in [-0.1, -0.05) is 109 Å². The second-order valence-corrected chi connectivity index (χ2v) is 18.5. The molecule has 1 aromatic heterocycles. The van der Waals surface area contributed by atoms with E-state index in [-0.39, 0.29) is 5.82 Å².